The lowest BCUT2D eigenvalue weighted by molar-refractivity contribution is -0.171. The molecule has 0 spiro atoms. The number of carbonyl (C=O) groups is 1. The van der Waals surface area contributed by atoms with Gasteiger partial charge in [0.15, 0.2) is 11.3 Å². The van der Waals surface area contributed by atoms with Crippen molar-refractivity contribution in [2.75, 3.05) is 7.05 Å². The molecule has 2 heterocycles. The number of likely N-dealkylation sites (N-methyl/N-ethyl adjacent to an activating group) is 1. The smallest absolute Gasteiger partial charge is 0.251 e. The third-order valence-electron chi connectivity index (χ3n) is 4.24. The van der Waals surface area contributed by atoms with Gasteiger partial charge in [-0.2, -0.15) is 0 Å². The number of amides is 1. The molecule has 4 heteroatoms. The average molecular weight is 286 g/mol. The minimum atomic E-state index is -0.724. The Bertz CT molecular complexity index is 603. The van der Waals surface area contributed by atoms with Crippen LogP contribution >= 0.6 is 0 Å². The van der Waals surface area contributed by atoms with E-state index in [0.717, 1.165) is 11.3 Å². The van der Waals surface area contributed by atoms with Crippen LogP contribution in [-0.4, -0.2) is 34.6 Å². The lowest BCUT2D eigenvalue weighted by atomic mass is 9.91. The van der Waals surface area contributed by atoms with Gasteiger partial charge < -0.3 is 9.74 Å². The molecule has 4 nitrogen and oxygen atoms in total. The molecule has 0 radical (unpaired) electrons. The summed E-state index contributed by atoms with van der Waals surface area (Å²) in [6, 6.07) is 9.91. The van der Waals surface area contributed by atoms with E-state index >= 15 is 0 Å². The number of carbonyl (C=O) groups excluding carboxylic acids is 1. The first-order valence-electron chi connectivity index (χ1n) is 7.28. The second-order valence-electron chi connectivity index (χ2n) is 7.09. The van der Waals surface area contributed by atoms with E-state index in [1.54, 1.807) is 4.90 Å². The topological polar surface area (TPSA) is 32.8 Å². The van der Waals surface area contributed by atoms with Gasteiger partial charge >= 0.3 is 0 Å². The van der Waals surface area contributed by atoms with Crippen molar-refractivity contribution in [3.63, 3.8) is 0 Å². The Balaban J connectivity index is 2.02. The zero-order valence-corrected chi connectivity index (χ0v) is 13.3. The minimum Gasteiger partial charge on any atom is -0.402 e. The van der Waals surface area contributed by atoms with E-state index in [0.29, 0.717) is 0 Å². The van der Waals surface area contributed by atoms with Crippen molar-refractivity contribution in [2.45, 2.75) is 39.4 Å². The summed E-state index contributed by atoms with van der Waals surface area (Å²) in [6.07, 6.45) is 1.85. The highest BCUT2D eigenvalue weighted by Crippen LogP contribution is 2.46. The van der Waals surface area contributed by atoms with E-state index < -0.39 is 5.54 Å². The number of nitrogens with zero attached hydrogens (tertiary/aromatic N) is 2. The molecule has 21 heavy (non-hydrogen) atoms. The van der Waals surface area contributed by atoms with Crippen molar-refractivity contribution in [1.29, 1.82) is 0 Å². The van der Waals surface area contributed by atoms with Crippen LogP contribution < -0.4 is 0 Å². The van der Waals surface area contributed by atoms with Crippen molar-refractivity contribution in [1.82, 2.24) is 9.96 Å². The first-order valence-corrected chi connectivity index (χ1v) is 7.28. The van der Waals surface area contributed by atoms with Crippen LogP contribution in [0.25, 0.3) is 5.76 Å². The van der Waals surface area contributed by atoms with E-state index in [4.69, 9.17) is 4.84 Å². The van der Waals surface area contributed by atoms with Crippen molar-refractivity contribution in [2.24, 2.45) is 5.41 Å². The largest absolute Gasteiger partial charge is 0.402 e. The molecule has 1 aromatic rings. The predicted octanol–water partition coefficient (Wildman–Crippen LogP) is 2.88. The summed E-state index contributed by atoms with van der Waals surface area (Å²) in [5, 5.41) is 1.84. The Labute approximate surface area is 125 Å². The molecule has 1 aromatic carbocycles. The molecule has 0 unspecified atom stereocenters. The molecule has 0 bridgehead atoms. The number of fused-ring (bicyclic) bond motifs is 1. The fourth-order valence-corrected chi connectivity index (χ4v) is 3.30. The number of hydrogen-bond donors (Lipinski definition) is 0. The number of benzene rings is 1. The van der Waals surface area contributed by atoms with Gasteiger partial charge in [-0.05, 0) is 18.4 Å². The van der Waals surface area contributed by atoms with Crippen molar-refractivity contribution < 1.29 is 9.63 Å². The van der Waals surface area contributed by atoms with Gasteiger partial charge in [0.25, 0.3) is 5.91 Å². The molecule has 2 atom stereocenters. The lowest BCUT2D eigenvalue weighted by Gasteiger charge is -2.37. The van der Waals surface area contributed by atoms with Crippen molar-refractivity contribution in [3.8, 4) is 0 Å². The summed E-state index contributed by atoms with van der Waals surface area (Å²) >= 11 is 0. The maximum Gasteiger partial charge on any atom is 0.251 e. The summed E-state index contributed by atoms with van der Waals surface area (Å²) in [6.45, 7) is 8.29. The zero-order valence-electron chi connectivity index (χ0n) is 13.3. The van der Waals surface area contributed by atoms with Gasteiger partial charge in [0.1, 0.15) is 6.17 Å². The highest BCUT2D eigenvalue weighted by Gasteiger charge is 2.60. The van der Waals surface area contributed by atoms with E-state index in [2.05, 4.69) is 20.8 Å². The molecule has 1 fully saturated rings. The van der Waals surface area contributed by atoms with Gasteiger partial charge in [-0.1, -0.05) is 51.1 Å². The summed E-state index contributed by atoms with van der Waals surface area (Å²) in [5.74, 6) is 0.835. The highest BCUT2D eigenvalue weighted by molar-refractivity contribution is 5.93. The van der Waals surface area contributed by atoms with E-state index in [-0.39, 0.29) is 17.5 Å². The molecule has 0 aliphatic carbocycles. The van der Waals surface area contributed by atoms with E-state index in [1.807, 2.05) is 55.4 Å². The summed E-state index contributed by atoms with van der Waals surface area (Å²) in [7, 11) is 1.85. The first-order chi connectivity index (χ1) is 9.75. The Morgan fingerprint density at radius 3 is 2.38 bits per heavy atom. The highest BCUT2D eigenvalue weighted by atomic mass is 16.7. The molecular weight excluding hydrogens is 264 g/mol. The van der Waals surface area contributed by atoms with Crippen LogP contribution in [-0.2, 0) is 9.63 Å². The molecule has 2 aliphatic heterocycles. The molecule has 112 valence electrons. The average Bonchev–Trinajstić information content (AvgIpc) is 2.84. The molecule has 2 aliphatic rings. The fourth-order valence-electron chi connectivity index (χ4n) is 3.30. The second kappa shape index (κ2) is 4.34. The van der Waals surface area contributed by atoms with Gasteiger partial charge in [-0.15, -0.1) is 5.06 Å². The monoisotopic (exact) mass is 286 g/mol. The SMILES string of the molecule is CN1C(=O)[C@]2(C)C=C(c3ccccc3)ON2[C@H]1C(C)(C)C. The fraction of sp³-hybridized carbons (Fsp3) is 0.471. The third-order valence-corrected chi connectivity index (χ3v) is 4.24. The van der Waals surface area contributed by atoms with Gasteiger partial charge in [-0.25, -0.2) is 0 Å². The number of hydrogen-bond acceptors (Lipinski definition) is 3. The summed E-state index contributed by atoms with van der Waals surface area (Å²) < 4.78 is 0. The predicted molar refractivity (Wildman–Crippen MR) is 81.8 cm³/mol. The molecule has 0 aromatic heterocycles. The van der Waals surface area contributed by atoms with Crippen molar-refractivity contribution >= 4 is 11.7 Å². The Kier molecular flexibility index (Phi) is 2.92. The van der Waals surface area contributed by atoms with Crippen molar-refractivity contribution in [3.05, 3.63) is 42.0 Å². The van der Waals surface area contributed by atoms with Gasteiger partial charge in [0.05, 0.1) is 0 Å². The molecule has 1 amide bonds. The number of hydroxylamine groups is 2. The molecule has 0 N–H and O–H groups in total. The molecular formula is C17H22N2O2. The summed E-state index contributed by atoms with van der Waals surface area (Å²) in [4.78, 5) is 20.6. The van der Waals surface area contributed by atoms with Crippen LogP contribution in [0.1, 0.15) is 33.3 Å². The molecule has 0 saturated carbocycles. The normalized spacial score (nSPS) is 29.4. The standard InChI is InChI=1S/C17H22N2O2/c1-16(2,3)14-18(5)15(20)17(4)11-13(21-19(14)17)12-9-7-6-8-10-12/h6-11,14H,1-5H3/t14-,17-/m0/s1. The van der Waals surface area contributed by atoms with Crippen LogP contribution in [0.15, 0.2) is 36.4 Å². The van der Waals surface area contributed by atoms with Gasteiger partial charge in [0, 0.05) is 12.6 Å². The molecule has 3 rings (SSSR count). The number of rotatable bonds is 1. The zero-order chi connectivity index (χ0) is 15.4. The van der Waals surface area contributed by atoms with Crippen LogP contribution in [0.4, 0.5) is 0 Å². The van der Waals surface area contributed by atoms with Crippen LogP contribution in [0, 0.1) is 5.41 Å². The minimum absolute atomic E-state index is 0.0772. The van der Waals surface area contributed by atoms with Gasteiger partial charge in [0.2, 0.25) is 0 Å². The Morgan fingerprint density at radius 1 is 1.19 bits per heavy atom. The van der Waals surface area contributed by atoms with Crippen LogP contribution in [0.2, 0.25) is 0 Å². The maximum absolute atomic E-state index is 12.7. The third kappa shape index (κ3) is 1.97. The van der Waals surface area contributed by atoms with Crippen LogP contribution in [0.5, 0.6) is 0 Å². The van der Waals surface area contributed by atoms with E-state index in [9.17, 15) is 4.79 Å². The second-order valence-corrected chi connectivity index (χ2v) is 7.09. The van der Waals surface area contributed by atoms with Gasteiger partial charge in [-0.3, -0.25) is 4.79 Å². The van der Waals surface area contributed by atoms with E-state index in [1.165, 1.54) is 0 Å². The molecule has 1 saturated heterocycles. The Hall–Kier alpha value is -1.81. The quantitative estimate of drug-likeness (QED) is 0.796. The first kappa shape index (κ1) is 14.1. The maximum atomic E-state index is 12.7. The Morgan fingerprint density at radius 2 is 1.81 bits per heavy atom. The summed E-state index contributed by atoms with van der Waals surface area (Å²) in [5.41, 5.74) is 0.177. The van der Waals surface area contributed by atoms with Crippen LogP contribution in [0.3, 0.4) is 0 Å². The lowest BCUT2D eigenvalue weighted by Crippen LogP contribution is -2.48.